The van der Waals surface area contributed by atoms with Crippen molar-refractivity contribution < 1.29 is 23.9 Å². The maximum atomic E-state index is 14.1. The third kappa shape index (κ3) is 7.23. The number of thiazole rings is 1. The van der Waals surface area contributed by atoms with Crippen LogP contribution in [0.3, 0.4) is 0 Å². The number of morpholine rings is 1. The molecule has 12 heteroatoms. The van der Waals surface area contributed by atoms with Gasteiger partial charge >= 0.3 is 6.03 Å². The molecule has 4 aliphatic rings. The lowest BCUT2D eigenvalue weighted by atomic mass is 9.78. The van der Waals surface area contributed by atoms with E-state index in [-0.39, 0.29) is 29.7 Å². The van der Waals surface area contributed by atoms with Crippen LogP contribution >= 0.6 is 11.3 Å². The predicted octanol–water partition coefficient (Wildman–Crippen LogP) is 3.87. The number of hydrogen-bond donors (Lipinski definition) is 3. The minimum atomic E-state index is -0.660. The number of ether oxygens (including phenoxy) is 1. The molecule has 0 bridgehead atoms. The highest BCUT2D eigenvalue weighted by molar-refractivity contribution is 7.14. The zero-order valence-electron chi connectivity index (χ0n) is 25.3. The van der Waals surface area contributed by atoms with Crippen molar-refractivity contribution >= 4 is 40.2 Å². The molecule has 0 spiro atoms. The first-order valence-corrected chi connectivity index (χ1v) is 16.8. The first kappa shape index (κ1) is 30.5. The van der Waals surface area contributed by atoms with E-state index in [0.29, 0.717) is 67.6 Å². The van der Waals surface area contributed by atoms with Gasteiger partial charge in [-0.15, -0.1) is 11.3 Å². The second-order valence-corrected chi connectivity index (χ2v) is 13.4. The maximum absolute atomic E-state index is 14.1. The smallest absolute Gasteiger partial charge is 0.318 e. The Balaban J connectivity index is 1.10. The van der Waals surface area contributed by atoms with E-state index in [1.807, 2.05) is 17.5 Å². The van der Waals surface area contributed by atoms with Crippen molar-refractivity contribution in [3.63, 3.8) is 0 Å². The van der Waals surface area contributed by atoms with Crippen molar-refractivity contribution in [3.8, 4) is 11.3 Å². The fourth-order valence-corrected chi connectivity index (χ4v) is 7.14. The number of anilines is 1. The number of carbonyl (C=O) groups excluding carboxylic acids is 4. The molecule has 2 saturated heterocycles. The highest BCUT2D eigenvalue weighted by Crippen LogP contribution is 2.33. The molecule has 4 fully saturated rings. The van der Waals surface area contributed by atoms with E-state index in [9.17, 15) is 19.2 Å². The molecule has 3 N–H and O–H groups in total. The molecule has 0 unspecified atom stereocenters. The summed E-state index contributed by atoms with van der Waals surface area (Å²) in [6.07, 6.45) is 7.15. The van der Waals surface area contributed by atoms with Crippen LogP contribution in [0, 0.1) is 11.8 Å². The number of urea groups is 1. The highest BCUT2D eigenvalue weighted by atomic mass is 32.1. The first-order chi connectivity index (χ1) is 21.4. The SMILES string of the molecule is CC1CCC([C@@H](NC(=O)N2CCOCC2)C(=O)N2CCC[C@H]2C(=O)Nc2nc(-c3ccc(C(=O)NC4CC4)cc3)cs2)CC1. The molecule has 2 aliphatic heterocycles. The van der Waals surface area contributed by atoms with Crippen LogP contribution in [0.15, 0.2) is 29.6 Å². The van der Waals surface area contributed by atoms with Crippen LogP contribution in [0.25, 0.3) is 11.3 Å². The van der Waals surface area contributed by atoms with E-state index >= 15 is 0 Å². The molecule has 2 aromatic rings. The van der Waals surface area contributed by atoms with Gasteiger partial charge in [0.05, 0.1) is 18.9 Å². The van der Waals surface area contributed by atoms with E-state index in [4.69, 9.17) is 4.74 Å². The Labute approximate surface area is 262 Å². The van der Waals surface area contributed by atoms with Crippen LogP contribution in [0.5, 0.6) is 0 Å². The number of hydrogen-bond acceptors (Lipinski definition) is 7. The average Bonchev–Trinajstić information content (AvgIpc) is 3.51. The summed E-state index contributed by atoms with van der Waals surface area (Å²) in [6.45, 7) is 4.69. The lowest BCUT2D eigenvalue weighted by molar-refractivity contribution is -0.139. The van der Waals surface area contributed by atoms with Crippen LogP contribution in [0.4, 0.5) is 9.93 Å². The second-order valence-electron chi connectivity index (χ2n) is 12.6. The van der Waals surface area contributed by atoms with E-state index in [1.54, 1.807) is 21.9 Å². The van der Waals surface area contributed by atoms with Gasteiger partial charge in [0.2, 0.25) is 11.8 Å². The molecule has 3 heterocycles. The molecule has 1 aromatic heterocycles. The van der Waals surface area contributed by atoms with Crippen LogP contribution in [-0.4, -0.2) is 89.5 Å². The average molecular weight is 623 g/mol. The molecule has 11 nitrogen and oxygen atoms in total. The Morgan fingerprint density at radius 1 is 0.955 bits per heavy atom. The van der Waals surface area contributed by atoms with E-state index < -0.39 is 12.1 Å². The molecular weight excluding hydrogens is 580 g/mol. The third-order valence-corrected chi connectivity index (χ3v) is 10.1. The standard InChI is InChI=1S/C32H42N6O5S/c1-20-4-6-22(7-5-20)27(35-32(42)37-15-17-43-18-16-37)30(41)38-14-2-3-26(38)29(40)36-31-34-25(19-44-31)21-8-10-23(11-9-21)28(39)33-24-12-13-24/h8-11,19-20,22,24,26-27H,2-7,12-18H2,1H3,(H,33,39)(H,35,42)(H,34,36,40)/t20?,22?,26-,27+/m0/s1. The predicted molar refractivity (Wildman–Crippen MR) is 167 cm³/mol. The number of amides is 5. The van der Waals surface area contributed by atoms with Crippen molar-refractivity contribution in [2.24, 2.45) is 11.8 Å². The van der Waals surface area contributed by atoms with Gasteiger partial charge in [-0.05, 0) is 62.5 Å². The van der Waals surface area contributed by atoms with Crippen LogP contribution in [0.1, 0.15) is 68.6 Å². The molecule has 0 radical (unpaired) electrons. The Bertz CT molecular complexity index is 1350. The van der Waals surface area contributed by atoms with Gasteiger partial charge in [-0.2, -0.15) is 0 Å². The number of likely N-dealkylation sites (tertiary alicyclic amines) is 1. The molecule has 5 amide bonds. The molecule has 2 aliphatic carbocycles. The lowest BCUT2D eigenvalue weighted by Gasteiger charge is -2.37. The van der Waals surface area contributed by atoms with Gasteiger partial charge in [-0.3, -0.25) is 14.4 Å². The maximum Gasteiger partial charge on any atom is 0.318 e. The summed E-state index contributed by atoms with van der Waals surface area (Å²) in [6, 6.07) is 6.07. The van der Waals surface area contributed by atoms with Gasteiger partial charge in [0.15, 0.2) is 5.13 Å². The Kier molecular flexibility index (Phi) is 9.46. The summed E-state index contributed by atoms with van der Waals surface area (Å²) in [5.74, 6) is 0.145. The number of carbonyl (C=O) groups is 4. The summed E-state index contributed by atoms with van der Waals surface area (Å²) < 4.78 is 5.39. The zero-order valence-corrected chi connectivity index (χ0v) is 26.1. The first-order valence-electron chi connectivity index (χ1n) is 16.0. The molecule has 44 heavy (non-hydrogen) atoms. The van der Waals surface area contributed by atoms with Crippen LogP contribution in [0.2, 0.25) is 0 Å². The number of rotatable bonds is 8. The Morgan fingerprint density at radius 2 is 1.68 bits per heavy atom. The molecule has 2 saturated carbocycles. The summed E-state index contributed by atoms with van der Waals surface area (Å²) in [5.41, 5.74) is 2.16. The lowest BCUT2D eigenvalue weighted by Crippen LogP contribution is -2.58. The molecule has 236 valence electrons. The largest absolute Gasteiger partial charge is 0.378 e. The topological polar surface area (TPSA) is 133 Å². The van der Waals surface area contributed by atoms with Crippen molar-refractivity contribution in [2.75, 3.05) is 38.2 Å². The minimum absolute atomic E-state index is 0.0423. The number of benzene rings is 1. The summed E-state index contributed by atoms with van der Waals surface area (Å²) in [5, 5.41) is 11.3. The van der Waals surface area contributed by atoms with Crippen molar-refractivity contribution in [1.29, 1.82) is 0 Å². The molecular formula is C32H42N6O5S. The second kappa shape index (κ2) is 13.6. The van der Waals surface area contributed by atoms with E-state index in [0.717, 1.165) is 50.5 Å². The summed E-state index contributed by atoms with van der Waals surface area (Å²) in [4.78, 5) is 61.1. The van der Waals surface area contributed by atoms with Gasteiger partial charge in [0.25, 0.3) is 5.91 Å². The summed E-state index contributed by atoms with van der Waals surface area (Å²) >= 11 is 1.32. The van der Waals surface area contributed by atoms with Gasteiger partial charge in [-0.1, -0.05) is 31.9 Å². The van der Waals surface area contributed by atoms with Crippen LogP contribution in [-0.2, 0) is 14.3 Å². The fraction of sp³-hybridized carbons (Fsp3) is 0.594. The zero-order chi connectivity index (χ0) is 30.6. The minimum Gasteiger partial charge on any atom is -0.378 e. The third-order valence-electron chi connectivity index (χ3n) is 9.30. The number of aromatic nitrogens is 1. The quantitative estimate of drug-likeness (QED) is 0.410. The van der Waals surface area contributed by atoms with Crippen molar-refractivity contribution in [3.05, 3.63) is 35.2 Å². The highest BCUT2D eigenvalue weighted by Gasteiger charge is 2.42. The number of nitrogens with one attached hydrogen (secondary N) is 3. The summed E-state index contributed by atoms with van der Waals surface area (Å²) in [7, 11) is 0. The van der Waals surface area contributed by atoms with Gasteiger partial charge in [0.1, 0.15) is 12.1 Å². The van der Waals surface area contributed by atoms with Gasteiger partial charge < -0.3 is 30.5 Å². The van der Waals surface area contributed by atoms with Gasteiger partial charge in [0, 0.05) is 42.2 Å². The Morgan fingerprint density at radius 3 is 2.39 bits per heavy atom. The van der Waals surface area contributed by atoms with Crippen molar-refractivity contribution in [2.45, 2.75) is 76.4 Å². The normalized spacial score (nSPS) is 24.4. The number of nitrogens with zero attached hydrogens (tertiary/aromatic N) is 3. The Hall–Kier alpha value is -3.51. The molecule has 1 aromatic carbocycles. The monoisotopic (exact) mass is 622 g/mol. The van der Waals surface area contributed by atoms with E-state index in [2.05, 4.69) is 27.9 Å². The molecule has 6 rings (SSSR count). The van der Waals surface area contributed by atoms with E-state index in [1.165, 1.54) is 11.3 Å². The van der Waals surface area contributed by atoms with Crippen LogP contribution < -0.4 is 16.0 Å². The molecule has 2 atom stereocenters. The fourth-order valence-electron chi connectivity index (χ4n) is 6.41. The van der Waals surface area contributed by atoms with Crippen molar-refractivity contribution in [1.82, 2.24) is 25.4 Å². The van der Waals surface area contributed by atoms with Gasteiger partial charge in [-0.25, -0.2) is 9.78 Å².